The SMILES string of the molecule is Cc1cc(C(=O)NC(C)(C)c2ccc3c(c2)OCCO3)on1. The Balaban J connectivity index is 1.81. The van der Waals surface area contributed by atoms with E-state index < -0.39 is 5.54 Å². The van der Waals surface area contributed by atoms with Gasteiger partial charge in [0.15, 0.2) is 11.5 Å². The van der Waals surface area contributed by atoms with Crippen molar-refractivity contribution in [3.05, 3.63) is 41.3 Å². The summed E-state index contributed by atoms with van der Waals surface area (Å²) < 4.78 is 16.1. The molecule has 0 spiro atoms. The fraction of sp³-hybridized carbons (Fsp3) is 0.375. The third-order valence-electron chi connectivity index (χ3n) is 3.54. The Morgan fingerprint density at radius 2 is 1.91 bits per heavy atom. The summed E-state index contributed by atoms with van der Waals surface area (Å²) in [6.45, 7) is 6.68. The van der Waals surface area contributed by atoms with Crippen molar-refractivity contribution in [2.24, 2.45) is 0 Å². The maximum Gasteiger partial charge on any atom is 0.290 e. The Bertz CT molecular complexity index is 706. The molecular formula is C16H18N2O4. The number of aryl methyl sites for hydroxylation is 1. The molecule has 0 saturated carbocycles. The van der Waals surface area contributed by atoms with E-state index in [9.17, 15) is 4.79 Å². The van der Waals surface area contributed by atoms with Crippen molar-refractivity contribution in [2.75, 3.05) is 13.2 Å². The molecule has 0 radical (unpaired) electrons. The second kappa shape index (κ2) is 5.36. The van der Waals surface area contributed by atoms with Gasteiger partial charge < -0.3 is 19.3 Å². The van der Waals surface area contributed by atoms with Crippen LogP contribution in [-0.4, -0.2) is 24.3 Å². The first-order valence-corrected chi connectivity index (χ1v) is 7.12. The molecule has 2 aromatic rings. The maximum absolute atomic E-state index is 12.2. The van der Waals surface area contributed by atoms with Crippen LogP contribution in [0.5, 0.6) is 11.5 Å². The van der Waals surface area contributed by atoms with Gasteiger partial charge in [-0.3, -0.25) is 4.79 Å². The number of rotatable bonds is 3. The molecule has 0 unspecified atom stereocenters. The molecule has 0 fully saturated rings. The lowest BCUT2D eigenvalue weighted by Gasteiger charge is -2.28. The van der Waals surface area contributed by atoms with Gasteiger partial charge in [0, 0.05) is 6.07 Å². The van der Waals surface area contributed by atoms with Crippen molar-refractivity contribution in [3.63, 3.8) is 0 Å². The summed E-state index contributed by atoms with van der Waals surface area (Å²) in [5, 5.41) is 6.67. The summed E-state index contributed by atoms with van der Waals surface area (Å²) >= 11 is 0. The molecule has 116 valence electrons. The fourth-order valence-electron chi connectivity index (χ4n) is 2.32. The average molecular weight is 302 g/mol. The minimum Gasteiger partial charge on any atom is -0.486 e. The number of benzene rings is 1. The molecule has 6 nitrogen and oxygen atoms in total. The largest absolute Gasteiger partial charge is 0.486 e. The number of hydrogen-bond acceptors (Lipinski definition) is 5. The summed E-state index contributed by atoms with van der Waals surface area (Å²) in [6.07, 6.45) is 0. The average Bonchev–Trinajstić information content (AvgIpc) is 2.93. The zero-order valence-electron chi connectivity index (χ0n) is 12.8. The van der Waals surface area contributed by atoms with E-state index in [-0.39, 0.29) is 11.7 Å². The van der Waals surface area contributed by atoms with Crippen LogP contribution in [0.25, 0.3) is 0 Å². The lowest BCUT2D eigenvalue weighted by atomic mass is 9.93. The Kier molecular flexibility index (Phi) is 3.52. The van der Waals surface area contributed by atoms with Crippen molar-refractivity contribution in [2.45, 2.75) is 26.3 Å². The molecule has 0 atom stereocenters. The van der Waals surface area contributed by atoms with Crippen molar-refractivity contribution < 1.29 is 18.8 Å². The number of amides is 1. The van der Waals surface area contributed by atoms with Crippen LogP contribution in [-0.2, 0) is 5.54 Å². The van der Waals surface area contributed by atoms with Crippen LogP contribution in [0.1, 0.15) is 35.7 Å². The molecule has 1 N–H and O–H groups in total. The zero-order valence-corrected chi connectivity index (χ0v) is 12.8. The van der Waals surface area contributed by atoms with Crippen molar-refractivity contribution in [3.8, 4) is 11.5 Å². The van der Waals surface area contributed by atoms with Crippen molar-refractivity contribution >= 4 is 5.91 Å². The summed E-state index contributed by atoms with van der Waals surface area (Å²) in [7, 11) is 0. The molecule has 0 bridgehead atoms. The van der Waals surface area contributed by atoms with E-state index in [4.69, 9.17) is 14.0 Å². The van der Waals surface area contributed by atoms with Crippen LogP contribution in [0.3, 0.4) is 0 Å². The third kappa shape index (κ3) is 2.77. The molecule has 1 aromatic heterocycles. The predicted molar refractivity (Wildman–Crippen MR) is 79.2 cm³/mol. The first-order valence-electron chi connectivity index (χ1n) is 7.12. The molecule has 1 aliphatic heterocycles. The Morgan fingerprint density at radius 1 is 1.18 bits per heavy atom. The number of nitrogens with one attached hydrogen (secondary N) is 1. The van der Waals surface area contributed by atoms with E-state index in [1.807, 2.05) is 32.0 Å². The Hall–Kier alpha value is -2.50. The number of nitrogens with zero attached hydrogens (tertiary/aromatic N) is 1. The van der Waals surface area contributed by atoms with Gasteiger partial charge >= 0.3 is 0 Å². The van der Waals surface area contributed by atoms with Gasteiger partial charge in [-0.2, -0.15) is 0 Å². The predicted octanol–water partition coefficient (Wildman–Crippen LogP) is 2.42. The van der Waals surface area contributed by atoms with Gasteiger partial charge in [0.2, 0.25) is 5.76 Å². The number of carbonyl (C=O) groups excluding carboxylic acids is 1. The lowest BCUT2D eigenvalue weighted by molar-refractivity contribution is 0.0873. The van der Waals surface area contributed by atoms with Crippen LogP contribution >= 0.6 is 0 Å². The highest BCUT2D eigenvalue weighted by molar-refractivity contribution is 5.92. The van der Waals surface area contributed by atoms with Gasteiger partial charge in [-0.05, 0) is 38.5 Å². The topological polar surface area (TPSA) is 73.6 Å². The van der Waals surface area contributed by atoms with E-state index in [0.29, 0.717) is 24.7 Å². The molecule has 1 aromatic carbocycles. The third-order valence-corrected chi connectivity index (χ3v) is 3.54. The van der Waals surface area contributed by atoms with E-state index >= 15 is 0 Å². The first-order chi connectivity index (χ1) is 10.5. The summed E-state index contributed by atoms with van der Waals surface area (Å²) in [5.41, 5.74) is 0.997. The Labute approximate surface area is 128 Å². The summed E-state index contributed by atoms with van der Waals surface area (Å²) in [6, 6.07) is 7.27. The van der Waals surface area contributed by atoms with Crippen LogP contribution in [0.15, 0.2) is 28.8 Å². The number of aromatic nitrogens is 1. The molecule has 3 rings (SSSR count). The summed E-state index contributed by atoms with van der Waals surface area (Å²) in [5.74, 6) is 1.31. The van der Waals surface area contributed by atoms with Crippen LogP contribution in [0, 0.1) is 6.92 Å². The van der Waals surface area contributed by atoms with E-state index in [2.05, 4.69) is 10.5 Å². The zero-order chi connectivity index (χ0) is 15.7. The van der Waals surface area contributed by atoms with E-state index in [1.165, 1.54) is 0 Å². The minimum absolute atomic E-state index is 0.197. The van der Waals surface area contributed by atoms with Gasteiger partial charge in [-0.25, -0.2) is 0 Å². The second-order valence-corrected chi connectivity index (χ2v) is 5.77. The van der Waals surface area contributed by atoms with Gasteiger partial charge in [-0.1, -0.05) is 11.2 Å². The Morgan fingerprint density at radius 3 is 2.59 bits per heavy atom. The molecular weight excluding hydrogens is 284 g/mol. The molecule has 2 heterocycles. The van der Waals surface area contributed by atoms with Gasteiger partial charge in [0.25, 0.3) is 5.91 Å². The molecule has 0 aliphatic carbocycles. The minimum atomic E-state index is -0.590. The van der Waals surface area contributed by atoms with Gasteiger partial charge in [0.1, 0.15) is 13.2 Å². The van der Waals surface area contributed by atoms with Gasteiger partial charge in [0.05, 0.1) is 11.2 Å². The molecule has 1 amide bonds. The lowest BCUT2D eigenvalue weighted by Crippen LogP contribution is -2.41. The highest BCUT2D eigenvalue weighted by Crippen LogP contribution is 2.34. The maximum atomic E-state index is 12.2. The quantitative estimate of drug-likeness (QED) is 0.942. The monoisotopic (exact) mass is 302 g/mol. The standard InChI is InChI=1S/C16H18N2O4/c1-10-8-14(22-18-10)15(19)17-16(2,3)11-4-5-12-13(9-11)21-7-6-20-12/h4-5,8-9H,6-7H2,1-3H3,(H,17,19). The van der Waals surface area contributed by atoms with Crippen LogP contribution in [0.4, 0.5) is 0 Å². The number of carbonyl (C=O) groups is 1. The van der Waals surface area contributed by atoms with E-state index in [1.54, 1.807) is 13.0 Å². The molecule has 1 aliphatic rings. The van der Waals surface area contributed by atoms with Gasteiger partial charge in [-0.15, -0.1) is 0 Å². The first kappa shape index (κ1) is 14.4. The summed E-state index contributed by atoms with van der Waals surface area (Å²) in [4.78, 5) is 12.2. The van der Waals surface area contributed by atoms with Crippen LogP contribution < -0.4 is 14.8 Å². The van der Waals surface area contributed by atoms with Crippen molar-refractivity contribution in [1.82, 2.24) is 10.5 Å². The van der Waals surface area contributed by atoms with E-state index in [0.717, 1.165) is 11.3 Å². The molecule has 22 heavy (non-hydrogen) atoms. The fourth-order valence-corrected chi connectivity index (χ4v) is 2.32. The number of hydrogen-bond donors (Lipinski definition) is 1. The normalized spacial score (nSPS) is 13.8. The number of ether oxygens (including phenoxy) is 2. The highest BCUT2D eigenvalue weighted by Gasteiger charge is 2.27. The molecule has 6 heteroatoms. The second-order valence-electron chi connectivity index (χ2n) is 5.77. The van der Waals surface area contributed by atoms with Crippen molar-refractivity contribution in [1.29, 1.82) is 0 Å². The molecule has 0 saturated heterocycles. The highest BCUT2D eigenvalue weighted by atomic mass is 16.6. The number of fused-ring (bicyclic) bond motifs is 1. The van der Waals surface area contributed by atoms with Crippen LogP contribution in [0.2, 0.25) is 0 Å². The smallest absolute Gasteiger partial charge is 0.290 e.